The van der Waals surface area contributed by atoms with Crippen molar-refractivity contribution < 1.29 is 35.5 Å². The van der Waals surface area contributed by atoms with Gasteiger partial charge < -0.3 is 9.15 Å². The van der Waals surface area contributed by atoms with Crippen molar-refractivity contribution in [3.63, 3.8) is 0 Å². The third-order valence-corrected chi connectivity index (χ3v) is 8.38. The van der Waals surface area contributed by atoms with Crippen molar-refractivity contribution in [2.24, 2.45) is 5.92 Å². The molecule has 0 unspecified atom stereocenters. The highest BCUT2D eigenvalue weighted by Gasteiger charge is 2.42. The number of carbonyl (C=O) groups is 1. The van der Waals surface area contributed by atoms with Crippen LogP contribution in [-0.4, -0.2) is 25.7 Å². The zero-order valence-corrected chi connectivity index (χ0v) is 20.0. The molecule has 1 aromatic heterocycles. The molecular formula is C24H19ClF3NO6S. The summed E-state index contributed by atoms with van der Waals surface area (Å²) < 4.78 is 77.8. The summed E-state index contributed by atoms with van der Waals surface area (Å²) in [5, 5.41) is -0.171. The molecule has 36 heavy (non-hydrogen) atoms. The van der Waals surface area contributed by atoms with Gasteiger partial charge in [-0.1, -0.05) is 17.7 Å². The van der Waals surface area contributed by atoms with Gasteiger partial charge in [-0.3, -0.25) is 14.3 Å². The molecule has 0 radical (unpaired) electrons. The Balaban J connectivity index is 1.42. The van der Waals surface area contributed by atoms with Crippen LogP contribution in [0.1, 0.15) is 31.2 Å². The van der Waals surface area contributed by atoms with E-state index in [0.29, 0.717) is 12.8 Å². The molecule has 0 spiro atoms. The first-order valence-electron chi connectivity index (χ1n) is 11.1. The molecule has 3 aromatic rings. The van der Waals surface area contributed by atoms with Crippen LogP contribution in [0.5, 0.6) is 5.75 Å². The summed E-state index contributed by atoms with van der Waals surface area (Å²) in [5.74, 6) is -1.52. The van der Waals surface area contributed by atoms with E-state index in [9.17, 15) is 31.2 Å². The normalized spacial score (nSPS) is 20.1. The molecule has 0 bridgehead atoms. The number of sulfonamides is 1. The molecule has 0 atom stereocenters. The maximum Gasteiger partial charge on any atom is 0.416 e. The minimum atomic E-state index is -4.65. The van der Waals surface area contributed by atoms with E-state index in [-0.39, 0.29) is 45.9 Å². The molecule has 1 N–H and O–H groups in total. The van der Waals surface area contributed by atoms with Crippen LogP contribution >= 0.6 is 11.6 Å². The van der Waals surface area contributed by atoms with Crippen molar-refractivity contribution >= 4 is 38.5 Å². The van der Waals surface area contributed by atoms with Crippen LogP contribution in [-0.2, 0) is 21.0 Å². The summed E-state index contributed by atoms with van der Waals surface area (Å²) in [6.07, 6.45) is -4.03. The van der Waals surface area contributed by atoms with Crippen LogP contribution in [0.4, 0.5) is 13.2 Å². The average Bonchev–Trinajstić information content (AvgIpc) is 3.61. The van der Waals surface area contributed by atoms with Crippen LogP contribution in [0.2, 0.25) is 5.02 Å². The summed E-state index contributed by atoms with van der Waals surface area (Å²) >= 11 is 6.15. The molecule has 2 aliphatic rings. The second-order valence-electron chi connectivity index (χ2n) is 8.92. The highest BCUT2D eigenvalue weighted by molar-refractivity contribution is 7.90. The summed E-state index contributed by atoms with van der Waals surface area (Å²) in [4.78, 5) is 24.9. The Kier molecular flexibility index (Phi) is 6.03. The summed E-state index contributed by atoms with van der Waals surface area (Å²) in [7, 11) is -3.69. The fourth-order valence-electron chi connectivity index (χ4n) is 4.02. The van der Waals surface area contributed by atoms with Crippen LogP contribution < -0.4 is 14.9 Å². The Hall–Kier alpha value is -3.05. The first kappa shape index (κ1) is 24.6. The van der Waals surface area contributed by atoms with Crippen molar-refractivity contribution in [1.82, 2.24) is 4.72 Å². The lowest BCUT2D eigenvalue weighted by molar-refractivity contribution is -0.137. The van der Waals surface area contributed by atoms with Gasteiger partial charge in [0.25, 0.3) is 0 Å². The van der Waals surface area contributed by atoms with Gasteiger partial charge in [0.2, 0.25) is 15.9 Å². The van der Waals surface area contributed by atoms with Crippen LogP contribution in [0.3, 0.4) is 0 Å². The van der Waals surface area contributed by atoms with Gasteiger partial charge >= 0.3 is 6.18 Å². The second kappa shape index (κ2) is 8.81. The number of rotatable bonds is 6. The van der Waals surface area contributed by atoms with E-state index in [1.165, 1.54) is 12.1 Å². The van der Waals surface area contributed by atoms with Crippen molar-refractivity contribution in [2.75, 3.05) is 0 Å². The molecule has 190 valence electrons. The van der Waals surface area contributed by atoms with Crippen molar-refractivity contribution in [2.45, 2.75) is 43.2 Å². The Morgan fingerprint density at radius 1 is 1.11 bits per heavy atom. The van der Waals surface area contributed by atoms with E-state index < -0.39 is 50.4 Å². The SMILES string of the molecule is O=c1cc(-c2ccc(C(F)(F)F)cc2O[C@H]2C[C@@H](C(=O)NS(=O)(=O)C3CC3)C2)oc2c(Cl)cccc12. The number of carbonyl (C=O) groups excluding carboxylic acids is 1. The lowest BCUT2D eigenvalue weighted by atomic mass is 9.82. The van der Waals surface area contributed by atoms with Gasteiger partial charge in [-0.2, -0.15) is 13.2 Å². The minimum Gasteiger partial charge on any atom is -0.490 e. The predicted octanol–water partition coefficient (Wildman–Crippen LogP) is 4.90. The number of benzene rings is 2. The Bertz CT molecular complexity index is 1530. The maximum absolute atomic E-state index is 13.4. The molecule has 2 aromatic carbocycles. The molecule has 1 heterocycles. The Morgan fingerprint density at radius 2 is 1.83 bits per heavy atom. The van der Waals surface area contributed by atoms with Gasteiger partial charge in [-0.25, -0.2) is 8.42 Å². The van der Waals surface area contributed by atoms with Crippen molar-refractivity contribution in [3.8, 4) is 17.1 Å². The summed E-state index contributed by atoms with van der Waals surface area (Å²) in [5.41, 5.74) is -1.21. The molecular weight excluding hydrogens is 523 g/mol. The summed E-state index contributed by atoms with van der Waals surface area (Å²) in [6, 6.07) is 8.55. The summed E-state index contributed by atoms with van der Waals surface area (Å²) in [6.45, 7) is 0. The topological polar surface area (TPSA) is 103 Å². The van der Waals surface area contributed by atoms with E-state index in [2.05, 4.69) is 4.72 Å². The van der Waals surface area contributed by atoms with Gasteiger partial charge in [0.05, 0.1) is 26.8 Å². The number of fused-ring (bicyclic) bond motifs is 1. The molecule has 2 aliphatic carbocycles. The molecule has 0 aliphatic heterocycles. The van der Waals surface area contributed by atoms with E-state index >= 15 is 0 Å². The number of ether oxygens (including phenoxy) is 1. The first-order valence-corrected chi connectivity index (χ1v) is 13.0. The Labute approximate surface area is 208 Å². The van der Waals surface area contributed by atoms with E-state index in [1.807, 2.05) is 0 Å². The van der Waals surface area contributed by atoms with Gasteiger partial charge in [0.1, 0.15) is 17.6 Å². The highest BCUT2D eigenvalue weighted by atomic mass is 35.5. The van der Waals surface area contributed by atoms with Crippen LogP contribution in [0.25, 0.3) is 22.3 Å². The number of halogens is 4. The van der Waals surface area contributed by atoms with Crippen molar-refractivity contribution in [3.05, 3.63) is 63.3 Å². The lowest BCUT2D eigenvalue weighted by Crippen LogP contribution is -2.46. The third-order valence-electron chi connectivity index (χ3n) is 6.25. The highest BCUT2D eigenvalue weighted by Crippen LogP contribution is 2.41. The number of para-hydroxylation sites is 1. The first-order chi connectivity index (χ1) is 16.9. The molecule has 0 saturated heterocycles. The van der Waals surface area contributed by atoms with E-state index in [0.717, 1.165) is 24.3 Å². The maximum atomic E-state index is 13.4. The van der Waals surface area contributed by atoms with Crippen molar-refractivity contribution in [1.29, 1.82) is 0 Å². The number of nitrogens with one attached hydrogen (secondary N) is 1. The molecule has 2 saturated carbocycles. The molecule has 5 rings (SSSR count). The molecule has 2 fully saturated rings. The number of hydrogen-bond donors (Lipinski definition) is 1. The average molecular weight is 542 g/mol. The van der Waals surface area contributed by atoms with Gasteiger partial charge in [-0.05, 0) is 56.0 Å². The monoisotopic (exact) mass is 541 g/mol. The number of alkyl halides is 3. The zero-order valence-electron chi connectivity index (χ0n) is 18.5. The van der Waals surface area contributed by atoms with Crippen LogP contribution in [0.15, 0.2) is 51.7 Å². The smallest absolute Gasteiger partial charge is 0.416 e. The van der Waals surface area contributed by atoms with E-state index in [4.69, 9.17) is 20.8 Å². The third kappa shape index (κ3) is 4.81. The lowest BCUT2D eigenvalue weighted by Gasteiger charge is -2.34. The minimum absolute atomic E-state index is 0.0338. The van der Waals surface area contributed by atoms with Gasteiger partial charge in [-0.15, -0.1) is 0 Å². The second-order valence-corrected chi connectivity index (χ2v) is 11.3. The zero-order chi connectivity index (χ0) is 25.8. The molecule has 12 heteroatoms. The fraction of sp³-hybridized carbons (Fsp3) is 0.333. The largest absolute Gasteiger partial charge is 0.490 e. The number of hydrogen-bond acceptors (Lipinski definition) is 6. The number of amides is 1. The molecule has 1 amide bonds. The molecule has 7 nitrogen and oxygen atoms in total. The van der Waals surface area contributed by atoms with E-state index in [1.54, 1.807) is 6.07 Å². The van der Waals surface area contributed by atoms with Gasteiger partial charge in [0.15, 0.2) is 11.0 Å². The van der Waals surface area contributed by atoms with Crippen LogP contribution in [0, 0.1) is 5.92 Å². The quantitative estimate of drug-likeness (QED) is 0.476. The Morgan fingerprint density at radius 3 is 2.50 bits per heavy atom. The predicted molar refractivity (Wildman–Crippen MR) is 125 cm³/mol. The van der Waals surface area contributed by atoms with Gasteiger partial charge in [0, 0.05) is 12.0 Å². The fourth-order valence-corrected chi connectivity index (χ4v) is 5.60. The standard InChI is InChI=1S/C24H19ClF3NO6S/c25-18-3-1-2-16-19(30)11-21(35-22(16)18)17-7-4-13(24(26,27)28)10-20(17)34-14-8-12(9-14)23(31)29-36(32,33)15-5-6-15/h1-4,7,10-12,14-15H,5-6,8-9H2,(H,29,31)/t12-,14+.